The fraction of sp³-hybridized carbons (Fsp3) is 0.212. The quantitative estimate of drug-likeness (QED) is 0.177. The zero-order valence-electron chi connectivity index (χ0n) is 24.2. The molecule has 4 aromatic rings. The second-order valence-electron chi connectivity index (χ2n) is 10.1. The van der Waals surface area contributed by atoms with Crippen molar-refractivity contribution in [3.8, 4) is 0 Å². The Kier molecular flexibility index (Phi) is 11.3. The van der Waals surface area contributed by atoms with E-state index in [-0.39, 0.29) is 23.5 Å². The molecule has 0 aliphatic heterocycles. The highest BCUT2D eigenvalue weighted by Gasteiger charge is 2.35. The number of nitrogens with one attached hydrogen (secondary N) is 1. The predicted molar refractivity (Wildman–Crippen MR) is 177 cm³/mol. The van der Waals surface area contributed by atoms with Crippen molar-refractivity contribution < 1.29 is 18.0 Å². The second kappa shape index (κ2) is 14.9. The highest BCUT2D eigenvalue weighted by atomic mass is 35.5. The lowest BCUT2D eigenvalue weighted by Gasteiger charge is -2.34. The van der Waals surface area contributed by atoms with Crippen molar-refractivity contribution in [3.63, 3.8) is 0 Å². The average Bonchev–Trinajstić information content (AvgIpc) is 2.99. The van der Waals surface area contributed by atoms with E-state index in [1.54, 1.807) is 55.5 Å². The number of benzene rings is 4. The number of amides is 2. The fourth-order valence-corrected chi connectivity index (χ4v) is 6.80. The molecule has 0 saturated carbocycles. The second-order valence-corrected chi connectivity index (χ2v) is 13.2. The lowest BCUT2D eigenvalue weighted by Crippen LogP contribution is -2.53. The highest BCUT2D eigenvalue weighted by Crippen LogP contribution is 2.30. The summed E-state index contributed by atoms with van der Waals surface area (Å²) in [5.74, 6) is -1.03. The Bertz CT molecular complexity index is 1700. The van der Waals surface area contributed by atoms with Crippen molar-refractivity contribution in [1.29, 1.82) is 0 Å². The number of anilines is 1. The van der Waals surface area contributed by atoms with Gasteiger partial charge in [0.15, 0.2) is 0 Å². The van der Waals surface area contributed by atoms with Crippen LogP contribution in [0.3, 0.4) is 0 Å². The van der Waals surface area contributed by atoms with Crippen LogP contribution in [0.5, 0.6) is 0 Å². The van der Waals surface area contributed by atoms with Gasteiger partial charge < -0.3 is 10.2 Å². The number of hydrogen-bond donors (Lipinski definition) is 1. The number of sulfonamides is 1. The summed E-state index contributed by atoms with van der Waals surface area (Å²) >= 11 is 19.3. The van der Waals surface area contributed by atoms with E-state index in [4.69, 9.17) is 34.8 Å². The Morgan fingerprint density at radius 3 is 2.09 bits per heavy atom. The van der Waals surface area contributed by atoms with Crippen LogP contribution in [-0.4, -0.2) is 44.3 Å². The number of halogens is 3. The normalized spacial score (nSPS) is 11.9. The molecule has 0 saturated heterocycles. The van der Waals surface area contributed by atoms with Crippen LogP contribution in [0, 0.1) is 6.92 Å². The van der Waals surface area contributed by atoms with Gasteiger partial charge in [0, 0.05) is 40.1 Å². The van der Waals surface area contributed by atoms with Crippen LogP contribution in [0.15, 0.2) is 102 Å². The molecular formula is C33H32Cl3N3O4S. The molecule has 4 aromatic carbocycles. The smallest absolute Gasteiger partial charge is 0.264 e. The molecule has 0 unspecified atom stereocenters. The molecule has 11 heteroatoms. The number of carbonyl (C=O) groups excluding carboxylic acids is 2. The van der Waals surface area contributed by atoms with Gasteiger partial charge >= 0.3 is 0 Å². The molecular weight excluding hydrogens is 641 g/mol. The van der Waals surface area contributed by atoms with Crippen LogP contribution < -0.4 is 9.62 Å². The van der Waals surface area contributed by atoms with Crippen molar-refractivity contribution in [2.24, 2.45) is 0 Å². The first-order chi connectivity index (χ1) is 21.0. The molecule has 0 bridgehead atoms. The van der Waals surface area contributed by atoms with Gasteiger partial charge in [-0.05, 0) is 61.9 Å². The van der Waals surface area contributed by atoms with E-state index in [0.717, 1.165) is 15.4 Å². The summed E-state index contributed by atoms with van der Waals surface area (Å²) < 4.78 is 29.1. The number of nitrogens with zero attached hydrogens (tertiary/aromatic N) is 2. The largest absolute Gasteiger partial charge is 0.355 e. The molecule has 0 aliphatic rings. The van der Waals surface area contributed by atoms with Gasteiger partial charge in [-0.2, -0.15) is 0 Å². The van der Waals surface area contributed by atoms with Gasteiger partial charge in [-0.1, -0.05) is 95.0 Å². The number of likely N-dealkylation sites (N-methyl/N-ethyl adjacent to an activating group) is 1. The molecule has 4 rings (SSSR count). The average molecular weight is 673 g/mol. The van der Waals surface area contributed by atoms with Crippen LogP contribution in [0.2, 0.25) is 15.1 Å². The molecule has 2 amide bonds. The van der Waals surface area contributed by atoms with Crippen molar-refractivity contribution in [2.45, 2.75) is 37.8 Å². The summed E-state index contributed by atoms with van der Waals surface area (Å²) in [6, 6.07) is 25.8. The molecule has 7 nitrogen and oxygen atoms in total. The number of carbonyl (C=O) groups is 2. The molecule has 230 valence electrons. The molecule has 1 N–H and O–H groups in total. The molecule has 44 heavy (non-hydrogen) atoms. The lowest BCUT2D eigenvalue weighted by molar-refractivity contribution is -0.140. The van der Waals surface area contributed by atoms with Crippen LogP contribution in [-0.2, 0) is 32.6 Å². The summed E-state index contributed by atoms with van der Waals surface area (Å²) in [5.41, 5.74) is 2.32. The maximum atomic E-state index is 14.4. The Hall–Kier alpha value is -3.56. The first kappa shape index (κ1) is 33.3. The molecule has 0 aromatic heterocycles. The summed E-state index contributed by atoms with van der Waals surface area (Å²) in [4.78, 5) is 29.4. The lowest BCUT2D eigenvalue weighted by atomic mass is 10.0. The third-order valence-corrected chi connectivity index (χ3v) is 9.73. The van der Waals surface area contributed by atoms with Gasteiger partial charge in [-0.3, -0.25) is 13.9 Å². The first-order valence-electron chi connectivity index (χ1n) is 13.9. The third-order valence-electron chi connectivity index (χ3n) is 7.00. The minimum Gasteiger partial charge on any atom is -0.355 e. The number of aryl methyl sites for hydroxylation is 1. The zero-order valence-corrected chi connectivity index (χ0v) is 27.3. The molecule has 0 aliphatic carbocycles. The van der Waals surface area contributed by atoms with E-state index in [0.29, 0.717) is 27.2 Å². The predicted octanol–water partition coefficient (Wildman–Crippen LogP) is 6.93. The molecule has 0 fully saturated rings. The Morgan fingerprint density at radius 1 is 0.841 bits per heavy atom. The van der Waals surface area contributed by atoms with Gasteiger partial charge in [0.25, 0.3) is 10.0 Å². The fourth-order valence-electron chi connectivity index (χ4n) is 4.70. The first-order valence-corrected chi connectivity index (χ1v) is 16.5. The molecule has 0 heterocycles. The maximum absolute atomic E-state index is 14.4. The minimum atomic E-state index is -4.25. The third kappa shape index (κ3) is 8.12. The minimum absolute atomic E-state index is 0.00105. The van der Waals surface area contributed by atoms with Crippen molar-refractivity contribution in [1.82, 2.24) is 10.2 Å². The SMILES string of the molecule is CCNC(=O)[C@@H](Cc1ccccc1)N(Cc1c(Cl)cccc1Cl)C(=O)CN(c1cccc(Cl)c1)S(=O)(=O)c1ccc(C)cc1. The topological polar surface area (TPSA) is 86.8 Å². The highest BCUT2D eigenvalue weighted by molar-refractivity contribution is 7.92. The van der Waals surface area contributed by atoms with Crippen LogP contribution in [0.1, 0.15) is 23.6 Å². The van der Waals surface area contributed by atoms with Gasteiger partial charge in [0.1, 0.15) is 12.6 Å². The van der Waals surface area contributed by atoms with Crippen LogP contribution in [0.4, 0.5) is 5.69 Å². The van der Waals surface area contributed by atoms with Crippen molar-refractivity contribution in [3.05, 3.63) is 129 Å². The standard InChI is InChI=1S/C33H32Cl3N3O4S/c1-3-37-33(41)31(19-24-9-5-4-6-10-24)38(21-28-29(35)13-8-14-30(28)36)32(40)22-39(26-12-7-11-25(34)20-26)44(42,43)27-17-15-23(2)16-18-27/h4-18,20,31H,3,19,21-22H2,1-2H3,(H,37,41)/t31-/m1/s1. The Balaban J connectivity index is 1.83. The van der Waals surface area contributed by atoms with E-state index in [1.165, 1.54) is 23.1 Å². The number of rotatable bonds is 12. The summed E-state index contributed by atoms with van der Waals surface area (Å²) in [6.07, 6.45) is 0.169. The summed E-state index contributed by atoms with van der Waals surface area (Å²) in [6.45, 7) is 3.20. The maximum Gasteiger partial charge on any atom is 0.264 e. The van der Waals surface area contributed by atoms with Gasteiger partial charge in [0.2, 0.25) is 11.8 Å². The van der Waals surface area contributed by atoms with Gasteiger partial charge in [0.05, 0.1) is 10.6 Å². The van der Waals surface area contributed by atoms with Crippen molar-refractivity contribution in [2.75, 3.05) is 17.4 Å². The summed E-state index contributed by atoms with van der Waals surface area (Å²) in [7, 11) is -4.25. The van der Waals surface area contributed by atoms with E-state index in [1.807, 2.05) is 37.3 Å². The zero-order chi connectivity index (χ0) is 31.9. The molecule has 0 spiro atoms. The number of hydrogen-bond acceptors (Lipinski definition) is 4. The van der Waals surface area contributed by atoms with E-state index >= 15 is 0 Å². The Labute approximate surface area is 273 Å². The van der Waals surface area contributed by atoms with Gasteiger partial charge in [-0.25, -0.2) is 8.42 Å². The Morgan fingerprint density at radius 2 is 1.48 bits per heavy atom. The monoisotopic (exact) mass is 671 g/mol. The summed E-state index contributed by atoms with van der Waals surface area (Å²) in [5, 5.41) is 3.73. The van der Waals surface area contributed by atoms with E-state index in [9.17, 15) is 18.0 Å². The van der Waals surface area contributed by atoms with Crippen LogP contribution >= 0.6 is 34.8 Å². The molecule has 0 radical (unpaired) electrons. The molecule has 1 atom stereocenters. The van der Waals surface area contributed by atoms with Crippen LogP contribution in [0.25, 0.3) is 0 Å². The van der Waals surface area contributed by atoms with Crippen molar-refractivity contribution >= 4 is 62.3 Å². The van der Waals surface area contributed by atoms with E-state index in [2.05, 4.69) is 5.32 Å². The van der Waals surface area contributed by atoms with E-state index < -0.39 is 34.4 Å². The van der Waals surface area contributed by atoms with Gasteiger partial charge in [-0.15, -0.1) is 0 Å².